The second-order valence-corrected chi connectivity index (χ2v) is 8.24. The van der Waals surface area contributed by atoms with Gasteiger partial charge in [0.1, 0.15) is 0 Å². The first-order valence-electron chi connectivity index (χ1n) is 11.1. The van der Waals surface area contributed by atoms with Gasteiger partial charge in [0.2, 0.25) is 5.95 Å². The summed E-state index contributed by atoms with van der Waals surface area (Å²) in [4.78, 5) is 32.0. The van der Waals surface area contributed by atoms with Crippen molar-refractivity contribution in [2.45, 2.75) is 19.8 Å². The number of dihydropyridines is 1. The maximum absolute atomic E-state index is 13.2. The molecular weight excluding hydrogens is 509 g/mol. The SMILES string of the molecule is CCOC(=O)C1=C(COCCN(C)c2nccn2N)NC(C)=C(C(=O)OC)C1c1ccccc1Cl.Cl. The summed E-state index contributed by atoms with van der Waals surface area (Å²) in [6.07, 6.45) is 3.26. The highest BCUT2D eigenvalue weighted by Crippen LogP contribution is 2.41. The van der Waals surface area contributed by atoms with Crippen LogP contribution in [0, 0.1) is 0 Å². The normalized spacial score (nSPS) is 15.2. The van der Waals surface area contributed by atoms with Gasteiger partial charge in [0.15, 0.2) is 0 Å². The maximum atomic E-state index is 13.2. The number of nitrogens with zero attached hydrogens (tertiary/aromatic N) is 3. The largest absolute Gasteiger partial charge is 0.466 e. The fourth-order valence-electron chi connectivity index (χ4n) is 3.94. The predicted octanol–water partition coefficient (Wildman–Crippen LogP) is 2.78. The molecule has 196 valence electrons. The number of aromatic nitrogens is 2. The molecule has 1 aromatic heterocycles. The molecule has 0 saturated carbocycles. The van der Waals surface area contributed by atoms with Crippen LogP contribution in [0.2, 0.25) is 5.02 Å². The van der Waals surface area contributed by atoms with Gasteiger partial charge in [0.05, 0.1) is 49.7 Å². The van der Waals surface area contributed by atoms with Crippen LogP contribution in [0.4, 0.5) is 5.95 Å². The number of nitrogens with one attached hydrogen (secondary N) is 1. The number of anilines is 1. The first-order chi connectivity index (χ1) is 16.8. The van der Waals surface area contributed by atoms with E-state index >= 15 is 0 Å². The van der Waals surface area contributed by atoms with Crippen LogP contribution in [0.25, 0.3) is 0 Å². The van der Waals surface area contributed by atoms with Crippen molar-refractivity contribution >= 4 is 41.9 Å². The second-order valence-electron chi connectivity index (χ2n) is 7.83. The van der Waals surface area contributed by atoms with E-state index in [1.165, 1.54) is 11.8 Å². The van der Waals surface area contributed by atoms with E-state index in [-0.39, 0.29) is 36.8 Å². The summed E-state index contributed by atoms with van der Waals surface area (Å²) in [6.45, 7) is 4.53. The number of likely N-dealkylation sites (N-methyl/N-ethyl adjacent to an activating group) is 1. The molecule has 1 aromatic carbocycles. The minimum Gasteiger partial charge on any atom is -0.466 e. The Morgan fingerprint density at radius 2 is 1.97 bits per heavy atom. The van der Waals surface area contributed by atoms with E-state index in [0.29, 0.717) is 41.1 Å². The van der Waals surface area contributed by atoms with Crippen LogP contribution in [0.15, 0.2) is 59.2 Å². The van der Waals surface area contributed by atoms with Crippen molar-refractivity contribution in [1.29, 1.82) is 0 Å². The second kappa shape index (κ2) is 13.2. The van der Waals surface area contributed by atoms with Gasteiger partial charge in [-0.15, -0.1) is 12.4 Å². The summed E-state index contributed by atoms with van der Waals surface area (Å²) < 4.78 is 17.7. The van der Waals surface area contributed by atoms with Crippen molar-refractivity contribution in [3.05, 3.63) is 69.8 Å². The van der Waals surface area contributed by atoms with Crippen molar-refractivity contribution < 1.29 is 23.8 Å². The van der Waals surface area contributed by atoms with E-state index < -0.39 is 17.9 Å². The van der Waals surface area contributed by atoms with Crippen LogP contribution in [0.3, 0.4) is 0 Å². The molecule has 2 heterocycles. The first kappa shape index (κ1) is 29.0. The quantitative estimate of drug-likeness (QED) is 0.266. The van der Waals surface area contributed by atoms with Crippen molar-refractivity contribution in [3.63, 3.8) is 0 Å². The standard InChI is InChI=1S/C24H30ClN5O5.ClH/c1-5-35-23(32)21-18(14-34-13-12-29(3)24-27-10-11-30(24)26)28-15(2)19(22(31)33-4)20(21)16-8-6-7-9-17(16)25;/h6-11,20,28H,5,12-14,26H2,1-4H3;1H. The first-order valence-corrected chi connectivity index (χ1v) is 11.5. The van der Waals surface area contributed by atoms with Crippen molar-refractivity contribution in [3.8, 4) is 0 Å². The summed E-state index contributed by atoms with van der Waals surface area (Å²) in [5.74, 6) is 4.50. The van der Waals surface area contributed by atoms with Crippen LogP contribution in [0.1, 0.15) is 25.3 Å². The molecule has 1 atom stereocenters. The van der Waals surface area contributed by atoms with Gasteiger partial charge in [0, 0.05) is 36.7 Å². The Labute approximate surface area is 221 Å². The number of imidazole rings is 1. The van der Waals surface area contributed by atoms with E-state index in [1.54, 1.807) is 50.5 Å². The lowest BCUT2D eigenvalue weighted by Crippen LogP contribution is -2.35. The minimum atomic E-state index is -0.789. The molecule has 0 fully saturated rings. The third-order valence-electron chi connectivity index (χ3n) is 5.57. The molecule has 1 aliphatic heterocycles. The molecule has 0 amide bonds. The molecule has 10 nitrogen and oxygen atoms in total. The highest BCUT2D eigenvalue weighted by atomic mass is 35.5. The highest BCUT2D eigenvalue weighted by molar-refractivity contribution is 6.31. The van der Waals surface area contributed by atoms with Gasteiger partial charge in [-0.05, 0) is 25.5 Å². The Morgan fingerprint density at radius 1 is 1.25 bits per heavy atom. The lowest BCUT2D eigenvalue weighted by atomic mass is 9.80. The Kier molecular flexibility index (Phi) is 10.6. The molecule has 0 spiro atoms. The Balaban J connectivity index is 0.00000456. The Hall–Kier alpha value is -3.21. The summed E-state index contributed by atoms with van der Waals surface area (Å²) in [5.41, 5.74) is 2.14. The number of ether oxygens (including phenoxy) is 3. The molecule has 1 unspecified atom stereocenters. The molecule has 12 heteroatoms. The molecule has 0 radical (unpaired) electrons. The van der Waals surface area contributed by atoms with Crippen LogP contribution in [-0.2, 0) is 23.8 Å². The van der Waals surface area contributed by atoms with E-state index in [2.05, 4.69) is 10.3 Å². The third-order valence-corrected chi connectivity index (χ3v) is 5.91. The van der Waals surface area contributed by atoms with Gasteiger partial charge in [0.25, 0.3) is 0 Å². The summed E-state index contributed by atoms with van der Waals surface area (Å²) in [5, 5.41) is 3.57. The number of hydrogen-bond donors (Lipinski definition) is 2. The van der Waals surface area contributed by atoms with Gasteiger partial charge in [-0.1, -0.05) is 29.8 Å². The molecule has 3 N–H and O–H groups in total. The number of carbonyl (C=O) groups is 2. The average Bonchev–Trinajstić information content (AvgIpc) is 3.27. The number of hydrogen-bond acceptors (Lipinski definition) is 9. The number of halogens is 2. The van der Waals surface area contributed by atoms with E-state index in [1.807, 2.05) is 11.9 Å². The Morgan fingerprint density at radius 3 is 2.58 bits per heavy atom. The number of esters is 2. The zero-order valence-electron chi connectivity index (χ0n) is 20.6. The molecular formula is C24H31Cl2N5O5. The number of carbonyl (C=O) groups excluding carboxylic acids is 2. The lowest BCUT2D eigenvalue weighted by Gasteiger charge is -2.31. The monoisotopic (exact) mass is 539 g/mol. The highest BCUT2D eigenvalue weighted by Gasteiger charge is 2.39. The van der Waals surface area contributed by atoms with E-state index in [4.69, 9.17) is 31.7 Å². The number of rotatable bonds is 10. The van der Waals surface area contributed by atoms with Crippen LogP contribution in [-0.4, -0.2) is 62.1 Å². The van der Waals surface area contributed by atoms with E-state index in [0.717, 1.165) is 0 Å². The average molecular weight is 540 g/mol. The molecule has 0 saturated heterocycles. The summed E-state index contributed by atoms with van der Waals surface area (Å²) in [6, 6.07) is 7.06. The van der Waals surface area contributed by atoms with Crippen LogP contribution in [0.5, 0.6) is 0 Å². The van der Waals surface area contributed by atoms with Gasteiger partial charge in [-0.25, -0.2) is 19.2 Å². The van der Waals surface area contributed by atoms with Crippen molar-refractivity contribution in [2.75, 3.05) is 51.3 Å². The molecule has 2 aromatic rings. The number of methoxy groups -OCH3 is 1. The summed E-state index contributed by atoms with van der Waals surface area (Å²) >= 11 is 6.51. The van der Waals surface area contributed by atoms with E-state index in [9.17, 15) is 9.59 Å². The van der Waals surface area contributed by atoms with Gasteiger partial charge < -0.3 is 30.3 Å². The third kappa shape index (κ3) is 6.31. The maximum Gasteiger partial charge on any atom is 0.336 e. The summed E-state index contributed by atoms with van der Waals surface area (Å²) in [7, 11) is 3.14. The smallest absolute Gasteiger partial charge is 0.336 e. The minimum absolute atomic E-state index is 0. The zero-order valence-corrected chi connectivity index (χ0v) is 22.2. The molecule has 0 aliphatic carbocycles. The topological polar surface area (TPSA) is 121 Å². The fourth-order valence-corrected chi connectivity index (χ4v) is 4.18. The number of nitrogen functional groups attached to an aromatic ring is 1. The van der Waals surface area contributed by atoms with Crippen molar-refractivity contribution in [1.82, 2.24) is 15.0 Å². The van der Waals surface area contributed by atoms with Gasteiger partial charge in [-0.2, -0.15) is 0 Å². The number of benzene rings is 1. The van der Waals surface area contributed by atoms with Gasteiger partial charge in [-0.3, -0.25) is 0 Å². The van der Waals surface area contributed by atoms with Gasteiger partial charge >= 0.3 is 11.9 Å². The predicted molar refractivity (Wildman–Crippen MR) is 139 cm³/mol. The lowest BCUT2D eigenvalue weighted by molar-refractivity contribution is -0.139. The molecule has 1 aliphatic rings. The fraction of sp³-hybridized carbons (Fsp3) is 0.375. The number of allylic oxidation sites excluding steroid dienone is 1. The van der Waals surface area contributed by atoms with Crippen LogP contribution >= 0.6 is 24.0 Å². The molecule has 36 heavy (non-hydrogen) atoms. The Bertz CT molecular complexity index is 1150. The molecule has 0 bridgehead atoms. The number of nitrogens with two attached hydrogens (primary N) is 1. The zero-order chi connectivity index (χ0) is 25.5. The van der Waals surface area contributed by atoms with Crippen molar-refractivity contribution in [2.24, 2.45) is 0 Å². The van der Waals surface area contributed by atoms with Crippen LogP contribution < -0.4 is 16.1 Å². The molecule has 3 rings (SSSR count).